The van der Waals surface area contributed by atoms with Crippen LogP contribution in [0.3, 0.4) is 0 Å². The number of amides is 1. The van der Waals surface area contributed by atoms with Crippen molar-refractivity contribution in [2.24, 2.45) is 0 Å². The molecule has 3 aromatic rings. The van der Waals surface area contributed by atoms with Crippen LogP contribution in [0.1, 0.15) is 31.7 Å². The minimum atomic E-state index is -0.200. The predicted octanol–water partition coefficient (Wildman–Crippen LogP) is 4.74. The molecule has 0 aliphatic carbocycles. The molecule has 1 atom stereocenters. The summed E-state index contributed by atoms with van der Waals surface area (Å²) in [5.74, 6) is 0.560. The Morgan fingerprint density at radius 1 is 1.08 bits per heavy atom. The van der Waals surface area contributed by atoms with Crippen molar-refractivity contribution < 1.29 is 9.53 Å². The van der Waals surface area contributed by atoms with Crippen molar-refractivity contribution in [1.29, 1.82) is 0 Å². The Balaban J connectivity index is 1.70. The normalized spacial score (nSPS) is 11.8. The number of nitrogens with zero attached hydrogens (tertiary/aromatic N) is 2. The summed E-state index contributed by atoms with van der Waals surface area (Å²) in [6, 6.07) is 17.5. The van der Waals surface area contributed by atoms with Crippen LogP contribution in [0.4, 0.5) is 5.13 Å². The van der Waals surface area contributed by atoms with Gasteiger partial charge in [0.2, 0.25) is 11.0 Å². The summed E-state index contributed by atoms with van der Waals surface area (Å²) in [6.07, 6.45) is 0.723. The lowest BCUT2D eigenvalue weighted by atomic mass is 9.96. The number of anilines is 1. The van der Waals surface area contributed by atoms with Gasteiger partial charge in [-0.05, 0) is 43.2 Å². The molecule has 0 saturated heterocycles. The van der Waals surface area contributed by atoms with E-state index in [4.69, 9.17) is 4.74 Å². The van der Waals surface area contributed by atoms with Crippen LogP contribution in [-0.4, -0.2) is 22.7 Å². The molecule has 0 fully saturated rings. The van der Waals surface area contributed by atoms with Crippen molar-refractivity contribution in [2.45, 2.75) is 26.2 Å². The highest BCUT2D eigenvalue weighted by atomic mass is 32.1. The molecule has 26 heavy (non-hydrogen) atoms. The average Bonchev–Trinajstić information content (AvgIpc) is 3.12. The van der Waals surface area contributed by atoms with Crippen LogP contribution in [0.15, 0.2) is 54.6 Å². The SMILES string of the molecule is CCOc1ccc(-c2nnc(NC(=O)[C@@H](CC)c3ccccc3)s2)cc1. The van der Waals surface area contributed by atoms with Gasteiger partial charge in [-0.15, -0.1) is 10.2 Å². The lowest BCUT2D eigenvalue weighted by molar-refractivity contribution is -0.117. The highest BCUT2D eigenvalue weighted by Gasteiger charge is 2.20. The fraction of sp³-hybridized carbons (Fsp3) is 0.250. The molecule has 0 spiro atoms. The molecule has 1 aromatic heterocycles. The fourth-order valence-corrected chi connectivity index (χ4v) is 3.45. The quantitative estimate of drug-likeness (QED) is 0.655. The van der Waals surface area contributed by atoms with E-state index in [2.05, 4.69) is 15.5 Å². The summed E-state index contributed by atoms with van der Waals surface area (Å²) in [5.41, 5.74) is 1.95. The molecule has 0 saturated carbocycles. The van der Waals surface area contributed by atoms with Crippen LogP contribution in [0, 0.1) is 0 Å². The zero-order valence-electron chi connectivity index (χ0n) is 14.8. The third kappa shape index (κ3) is 4.26. The minimum Gasteiger partial charge on any atom is -0.494 e. The molecule has 2 aromatic carbocycles. The number of hydrogen-bond acceptors (Lipinski definition) is 5. The Labute approximate surface area is 157 Å². The van der Waals surface area contributed by atoms with Crippen molar-refractivity contribution in [2.75, 3.05) is 11.9 Å². The van der Waals surface area contributed by atoms with Crippen molar-refractivity contribution in [3.05, 3.63) is 60.2 Å². The molecule has 134 valence electrons. The second kappa shape index (κ2) is 8.58. The van der Waals surface area contributed by atoms with E-state index in [9.17, 15) is 4.79 Å². The maximum Gasteiger partial charge on any atom is 0.233 e. The Morgan fingerprint density at radius 3 is 2.46 bits per heavy atom. The summed E-state index contributed by atoms with van der Waals surface area (Å²) >= 11 is 1.36. The van der Waals surface area contributed by atoms with Crippen LogP contribution in [0.2, 0.25) is 0 Å². The molecule has 6 heteroatoms. The van der Waals surface area contributed by atoms with Gasteiger partial charge in [-0.3, -0.25) is 10.1 Å². The van der Waals surface area contributed by atoms with Crippen LogP contribution >= 0.6 is 11.3 Å². The van der Waals surface area contributed by atoms with Gasteiger partial charge in [0.25, 0.3) is 0 Å². The lowest BCUT2D eigenvalue weighted by Crippen LogP contribution is -2.20. The van der Waals surface area contributed by atoms with E-state index < -0.39 is 0 Å². The van der Waals surface area contributed by atoms with Gasteiger partial charge < -0.3 is 4.74 Å². The Kier molecular flexibility index (Phi) is 5.96. The van der Waals surface area contributed by atoms with E-state index in [1.165, 1.54) is 11.3 Å². The summed E-state index contributed by atoms with van der Waals surface area (Å²) < 4.78 is 5.45. The number of carbonyl (C=O) groups is 1. The molecule has 0 aliphatic rings. The predicted molar refractivity (Wildman–Crippen MR) is 105 cm³/mol. The van der Waals surface area contributed by atoms with Gasteiger partial charge in [0.15, 0.2) is 0 Å². The van der Waals surface area contributed by atoms with E-state index >= 15 is 0 Å². The molecule has 0 unspecified atom stereocenters. The van der Waals surface area contributed by atoms with Gasteiger partial charge in [0.05, 0.1) is 12.5 Å². The van der Waals surface area contributed by atoms with E-state index in [-0.39, 0.29) is 11.8 Å². The molecule has 3 rings (SSSR count). The molecule has 1 amide bonds. The van der Waals surface area contributed by atoms with Crippen LogP contribution in [-0.2, 0) is 4.79 Å². The summed E-state index contributed by atoms with van der Waals surface area (Å²) in [4.78, 5) is 12.6. The number of benzene rings is 2. The maximum atomic E-state index is 12.6. The molecule has 0 bridgehead atoms. The first-order valence-corrected chi connectivity index (χ1v) is 9.45. The van der Waals surface area contributed by atoms with Gasteiger partial charge in [0.1, 0.15) is 10.8 Å². The second-order valence-electron chi connectivity index (χ2n) is 5.73. The highest BCUT2D eigenvalue weighted by molar-refractivity contribution is 7.18. The molecular weight excluding hydrogens is 346 g/mol. The average molecular weight is 367 g/mol. The monoisotopic (exact) mass is 367 g/mol. The Bertz CT molecular complexity index is 847. The van der Waals surface area contributed by atoms with Gasteiger partial charge in [-0.25, -0.2) is 0 Å². The van der Waals surface area contributed by atoms with Gasteiger partial charge in [-0.1, -0.05) is 48.6 Å². The van der Waals surface area contributed by atoms with Crippen molar-refractivity contribution in [1.82, 2.24) is 10.2 Å². The fourth-order valence-electron chi connectivity index (χ4n) is 2.70. The third-order valence-electron chi connectivity index (χ3n) is 3.99. The summed E-state index contributed by atoms with van der Waals surface area (Å²) in [5, 5.41) is 12.5. The van der Waals surface area contributed by atoms with Gasteiger partial charge in [0, 0.05) is 5.56 Å². The number of carbonyl (C=O) groups excluding carboxylic acids is 1. The number of aromatic nitrogens is 2. The zero-order valence-corrected chi connectivity index (χ0v) is 15.6. The molecule has 1 N–H and O–H groups in total. The first-order valence-electron chi connectivity index (χ1n) is 8.63. The van der Waals surface area contributed by atoms with Crippen molar-refractivity contribution >= 4 is 22.4 Å². The van der Waals surface area contributed by atoms with Crippen molar-refractivity contribution in [3.8, 4) is 16.3 Å². The molecular formula is C20H21N3O2S. The van der Waals surface area contributed by atoms with Gasteiger partial charge in [-0.2, -0.15) is 0 Å². The topological polar surface area (TPSA) is 64.1 Å². The molecule has 0 radical (unpaired) electrons. The number of rotatable bonds is 7. The highest BCUT2D eigenvalue weighted by Crippen LogP contribution is 2.29. The molecule has 0 aliphatic heterocycles. The van der Waals surface area contributed by atoms with E-state index in [0.29, 0.717) is 11.7 Å². The Morgan fingerprint density at radius 2 is 1.81 bits per heavy atom. The standard InChI is InChI=1S/C20H21N3O2S/c1-3-17(14-8-6-5-7-9-14)18(24)21-20-23-22-19(26-20)15-10-12-16(13-11-15)25-4-2/h5-13,17H,3-4H2,1-2H3,(H,21,23,24)/t17-/m0/s1. The van der Waals surface area contributed by atoms with Crippen molar-refractivity contribution in [3.63, 3.8) is 0 Å². The van der Waals surface area contributed by atoms with E-state index in [1.54, 1.807) is 0 Å². The molecule has 1 heterocycles. The van der Waals surface area contributed by atoms with E-state index in [1.807, 2.05) is 68.4 Å². The Hall–Kier alpha value is -2.73. The van der Waals surface area contributed by atoms with Crippen LogP contribution in [0.5, 0.6) is 5.75 Å². The van der Waals surface area contributed by atoms with E-state index in [0.717, 1.165) is 28.3 Å². The lowest BCUT2D eigenvalue weighted by Gasteiger charge is -2.13. The maximum absolute atomic E-state index is 12.6. The number of hydrogen-bond donors (Lipinski definition) is 1. The zero-order chi connectivity index (χ0) is 18.4. The van der Waals surface area contributed by atoms with Crippen LogP contribution < -0.4 is 10.1 Å². The second-order valence-corrected chi connectivity index (χ2v) is 6.71. The van der Waals surface area contributed by atoms with Gasteiger partial charge >= 0.3 is 0 Å². The third-order valence-corrected chi connectivity index (χ3v) is 4.88. The molecule has 5 nitrogen and oxygen atoms in total. The largest absolute Gasteiger partial charge is 0.494 e. The number of ether oxygens (including phenoxy) is 1. The smallest absolute Gasteiger partial charge is 0.233 e. The first-order chi connectivity index (χ1) is 12.7. The minimum absolute atomic E-state index is 0.0620. The number of nitrogens with one attached hydrogen (secondary N) is 1. The summed E-state index contributed by atoms with van der Waals surface area (Å²) in [6.45, 7) is 4.59. The van der Waals surface area contributed by atoms with Crippen LogP contribution in [0.25, 0.3) is 10.6 Å². The summed E-state index contributed by atoms with van der Waals surface area (Å²) in [7, 11) is 0. The first kappa shape index (κ1) is 18.1.